The molecular formula is C15H25NO2. The molecule has 1 rings (SSSR count). The van der Waals surface area contributed by atoms with Gasteiger partial charge in [0.1, 0.15) is 5.75 Å². The van der Waals surface area contributed by atoms with Gasteiger partial charge in [-0.1, -0.05) is 19.1 Å². The molecule has 0 aliphatic heterocycles. The Hall–Kier alpha value is -1.06. The van der Waals surface area contributed by atoms with Gasteiger partial charge in [-0.2, -0.15) is 0 Å². The summed E-state index contributed by atoms with van der Waals surface area (Å²) in [5.41, 5.74) is 1.24. The van der Waals surface area contributed by atoms with Crippen molar-refractivity contribution < 1.29 is 9.84 Å². The first-order valence-corrected chi connectivity index (χ1v) is 6.82. The van der Waals surface area contributed by atoms with Crippen LogP contribution in [-0.4, -0.2) is 24.4 Å². The fourth-order valence-corrected chi connectivity index (χ4v) is 1.76. The van der Waals surface area contributed by atoms with Crippen molar-refractivity contribution in [3.8, 4) is 5.75 Å². The van der Waals surface area contributed by atoms with Gasteiger partial charge in [0.15, 0.2) is 0 Å². The van der Waals surface area contributed by atoms with Crippen molar-refractivity contribution in [2.75, 3.05) is 13.2 Å². The van der Waals surface area contributed by atoms with E-state index in [1.807, 2.05) is 12.1 Å². The lowest BCUT2D eigenvalue weighted by Crippen LogP contribution is -2.25. The molecule has 0 aliphatic rings. The zero-order valence-corrected chi connectivity index (χ0v) is 11.5. The molecule has 1 unspecified atom stereocenters. The van der Waals surface area contributed by atoms with Crippen molar-refractivity contribution in [2.24, 2.45) is 0 Å². The lowest BCUT2D eigenvalue weighted by Gasteiger charge is -2.13. The molecule has 2 N–H and O–H groups in total. The summed E-state index contributed by atoms with van der Waals surface area (Å²) in [4.78, 5) is 0. The zero-order valence-electron chi connectivity index (χ0n) is 11.5. The second-order valence-corrected chi connectivity index (χ2v) is 4.64. The summed E-state index contributed by atoms with van der Waals surface area (Å²) in [6, 6.07) is 8.64. The van der Waals surface area contributed by atoms with Crippen molar-refractivity contribution in [1.82, 2.24) is 5.32 Å². The average Bonchev–Trinajstić information content (AvgIpc) is 2.41. The molecule has 0 spiro atoms. The fraction of sp³-hybridized carbons (Fsp3) is 0.600. The molecule has 3 nitrogen and oxygen atoms in total. The van der Waals surface area contributed by atoms with Gasteiger partial charge in [0.25, 0.3) is 0 Å². The quantitative estimate of drug-likeness (QED) is 0.709. The minimum Gasteiger partial charge on any atom is -0.494 e. The van der Waals surface area contributed by atoms with E-state index in [-0.39, 0.29) is 6.61 Å². The van der Waals surface area contributed by atoms with Gasteiger partial charge >= 0.3 is 0 Å². The summed E-state index contributed by atoms with van der Waals surface area (Å²) in [5, 5.41) is 12.2. The summed E-state index contributed by atoms with van der Waals surface area (Å²) in [5.74, 6) is 0.944. The molecule has 0 radical (unpaired) electrons. The van der Waals surface area contributed by atoms with E-state index in [0.717, 1.165) is 38.2 Å². The van der Waals surface area contributed by atoms with Crippen molar-refractivity contribution in [2.45, 2.75) is 45.7 Å². The Morgan fingerprint density at radius 3 is 2.94 bits per heavy atom. The van der Waals surface area contributed by atoms with Gasteiger partial charge < -0.3 is 15.2 Å². The van der Waals surface area contributed by atoms with Crippen LogP contribution in [0.4, 0.5) is 0 Å². The highest BCUT2D eigenvalue weighted by atomic mass is 16.5. The van der Waals surface area contributed by atoms with Gasteiger partial charge in [0.2, 0.25) is 0 Å². The molecule has 3 heteroatoms. The van der Waals surface area contributed by atoms with Gasteiger partial charge in [-0.3, -0.25) is 0 Å². The Bertz CT molecular complexity index is 328. The third kappa shape index (κ3) is 6.03. The number of hydrogen-bond donors (Lipinski definition) is 2. The van der Waals surface area contributed by atoms with Crippen LogP contribution < -0.4 is 10.1 Å². The molecule has 0 fully saturated rings. The monoisotopic (exact) mass is 251 g/mol. The predicted octanol–water partition coefficient (Wildman–Crippen LogP) is 2.73. The molecule has 102 valence electrons. The summed E-state index contributed by atoms with van der Waals surface area (Å²) in [6.45, 7) is 6.13. The number of rotatable bonds is 9. The number of aliphatic hydroxyl groups excluding tert-OH is 1. The molecule has 1 atom stereocenters. The Morgan fingerprint density at radius 1 is 1.39 bits per heavy atom. The van der Waals surface area contributed by atoms with E-state index in [4.69, 9.17) is 9.84 Å². The number of aliphatic hydroxyl groups is 1. The van der Waals surface area contributed by atoms with Crippen molar-refractivity contribution in [3.63, 3.8) is 0 Å². The predicted molar refractivity (Wildman–Crippen MR) is 74.8 cm³/mol. The number of nitrogens with one attached hydrogen (secondary N) is 1. The molecule has 0 amide bonds. The van der Waals surface area contributed by atoms with Gasteiger partial charge in [-0.25, -0.2) is 0 Å². The van der Waals surface area contributed by atoms with Crippen molar-refractivity contribution in [3.05, 3.63) is 29.8 Å². The maximum absolute atomic E-state index is 8.77. The van der Waals surface area contributed by atoms with E-state index in [0.29, 0.717) is 6.04 Å². The highest BCUT2D eigenvalue weighted by Gasteiger charge is 2.02. The SMILES string of the molecule is CCCOc1cccc(CNC(C)CCCO)c1. The van der Waals surface area contributed by atoms with Crippen LogP contribution in [0.1, 0.15) is 38.7 Å². The van der Waals surface area contributed by atoms with Gasteiger partial charge in [0, 0.05) is 19.2 Å². The van der Waals surface area contributed by atoms with E-state index < -0.39 is 0 Å². The summed E-state index contributed by atoms with van der Waals surface area (Å²) in [7, 11) is 0. The second kappa shape index (κ2) is 8.95. The first-order valence-electron chi connectivity index (χ1n) is 6.82. The lowest BCUT2D eigenvalue weighted by molar-refractivity contribution is 0.276. The number of benzene rings is 1. The molecule has 0 saturated carbocycles. The Morgan fingerprint density at radius 2 is 2.22 bits per heavy atom. The Balaban J connectivity index is 2.37. The lowest BCUT2D eigenvalue weighted by atomic mass is 10.1. The standard InChI is InChI=1S/C15H25NO2/c1-3-10-18-15-8-4-7-14(11-15)12-16-13(2)6-5-9-17/h4,7-8,11,13,16-17H,3,5-6,9-10,12H2,1-2H3. The van der Waals surface area contributed by atoms with Gasteiger partial charge in [-0.15, -0.1) is 0 Å². The van der Waals surface area contributed by atoms with Crippen LogP contribution in [-0.2, 0) is 6.54 Å². The minimum absolute atomic E-state index is 0.270. The van der Waals surface area contributed by atoms with Crippen LogP contribution in [0.3, 0.4) is 0 Å². The van der Waals surface area contributed by atoms with E-state index in [2.05, 4.69) is 31.3 Å². The molecule has 1 aromatic rings. The van der Waals surface area contributed by atoms with Crippen molar-refractivity contribution in [1.29, 1.82) is 0 Å². The Kier molecular flexibility index (Phi) is 7.46. The maximum Gasteiger partial charge on any atom is 0.119 e. The topological polar surface area (TPSA) is 41.5 Å². The molecule has 0 heterocycles. The van der Waals surface area contributed by atoms with Gasteiger partial charge in [0.05, 0.1) is 6.61 Å². The first-order chi connectivity index (χ1) is 8.76. The minimum atomic E-state index is 0.270. The molecule has 0 aromatic heterocycles. The average molecular weight is 251 g/mol. The first kappa shape index (κ1) is 15.0. The summed E-state index contributed by atoms with van der Waals surface area (Å²) in [6.07, 6.45) is 2.89. The highest BCUT2D eigenvalue weighted by Crippen LogP contribution is 2.13. The van der Waals surface area contributed by atoms with Crippen LogP contribution in [0.5, 0.6) is 5.75 Å². The van der Waals surface area contributed by atoms with Crippen LogP contribution in [0.2, 0.25) is 0 Å². The van der Waals surface area contributed by atoms with E-state index in [1.165, 1.54) is 5.56 Å². The van der Waals surface area contributed by atoms with Crippen LogP contribution >= 0.6 is 0 Å². The van der Waals surface area contributed by atoms with Crippen LogP contribution in [0.25, 0.3) is 0 Å². The zero-order chi connectivity index (χ0) is 13.2. The van der Waals surface area contributed by atoms with Crippen molar-refractivity contribution >= 4 is 0 Å². The highest BCUT2D eigenvalue weighted by molar-refractivity contribution is 5.28. The second-order valence-electron chi connectivity index (χ2n) is 4.64. The smallest absolute Gasteiger partial charge is 0.119 e. The molecule has 0 bridgehead atoms. The third-order valence-electron chi connectivity index (χ3n) is 2.82. The molecular weight excluding hydrogens is 226 g/mol. The van der Waals surface area contributed by atoms with E-state index >= 15 is 0 Å². The number of ether oxygens (including phenoxy) is 1. The van der Waals surface area contributed by atoms with E-state index in [1.54, 1.807) is 0 Å². The molecule has 1 aromatic carbocycles. The largest absolute Gasteiger partial charge is 0.494 e. The summed E-state index contributed by atoms with van der Waals surface area (Å²) >= 11 is 0. The fourth-order valence-electron chi connectivity index (χ4n) is 1.76. The Labute approximate surface area is 110 Å². The van der Waals surface area contributed by atoms with E-state index in [9.17, 15) is 0 Å². The number of hydrogen-bond acceptors (Lipinski definition) is 3. The van der Waals surface area contributed by atoms with Crippen LogP contribution in [0, 0.1) is 0 Å². The third-order valence-corrected chi connectivity index (χ3v) is 2.82. The molecule has 18 heavy (non-hydrogen) atoms. The van der Waals surface area contributed by atoms with Crippen LogP contribution in [0.15, 0.2) is 24.3 Å². The van der Waals surface area contributed by atoms with Gasteiger partial charge in [-0.05, 0) is 43.9 Å². The molecule has 0 saturated heterocycles. The normalized spacial score (nSPS) is 12.4. The summed E-state index contributed by atoms with van der Waals surface area (Å²) < 4.78 is 5.61. The molecule has 0 aliphatic carbocycles. The maximum atomic E-state index is 8.77.